The van der Waals surface area contributed by atoms with E-state index in [0.29, 0.717) is 22.1 Å². The summed E-state index contributed by atoms with van der Waals surface area (Å²) < 4.78 is 1.58. The minimum Gasteiger partial charge on any atom is -0.506 e. The maximum absolute atomic E-state index is 10.0. The maximum atomic E-state index is 10.0. The average molecular weight is 390 g/mol. The van der Waals surface area contributed by atoms with Crippen molar-refractivity contribution in [3.8, 4) is 5.75 Å². The Morgan fingerprint density at radius 1 is 1.26 bits per heavy atom. The molecule has 3 nitrogen and oxygen atoms in total. The summed E-state index contributed by atoms with van der Waals surface area (Å²) in [7, 11) is 0. The molecule has 1 saturated heterocycles. The predicted octanol–water partition coefficient (Wildman–Crippen LogP) is 4.51. The second-order valence-electron chi connectivity index (χ2n) is 5.08. The van der Waals surface area contributed by atoms with Crippen molar-refractivity contribution < 1.29 is 5.11 Å². The van der Waals surface area contributed by atoms with Gasteiger partial charge in [0.2, 0.25) is 0 Å². The number of phenols is 1. The second-order valence-corrected chi connectivity index (χ2v) is 6.85. The molecule has 104 valence electrons. The fraction of sp³-hybridized carbons (Fsp3) is 0.500. The van der Waals surface area contributed by atoms with Crippen molar-refractivity contribution in [1.82, 2.24) is 5.01 Å². The Bertz CT molecular complexity index is 481. The van der Waals surface area contributed by atoms with Crippen LogP contribution in [0.1, 0.15) is 38.7 Å². The first-order valence-corrected chi connectivity index (χ1v) is 8.08. The molecule has 0 spiro atoms. The van der Waals surface area contributed by atoms with Crippen LogP contribution in [0.5, 0.6) is 5.75 Å². The lowest BCUT2D eigenvalue weighted by Crippen LogP contribution is -2.39. The van der Waals surface area contributed by atoms with Gasteiger partial charge in [-0.1, -0.05) is 15.9 Å². The molecule has 1 aromatic rings. The van der Waals surface area contributed by atoms with Gasteiger partial charge in [-0.25, -0.2) is 0 Å². The number of hydrogen-bond donors (Lipinski definition) is 1. The van der Waals surface area contributed by atoms with Gasteiger partial charge in [0.25, 0.3) is 0 Å². The van der Waals surface area contributed by atoms with Crippen molar-refractivity contribution in [2.75, 3.05) is 0 Å². The van der Waals surface area contributed by atoms with Gasteiger partial charge in [0, 0.05) is 22.1 Å². The third kappa shape index (κ3) is 3.51. The lowest BCUT2D eigenvalue weighted by atomic mass is 10.00. The first-order chi connectivity index (χ1) is 8.99. The van der Waals surface area contributed by atoms with Crippen molar-refractivity contribution >= 4 is 38.1 Å². The number of hydrogen-bond acceptors (Lipinski definition) is 3. The summed E-state index contributed by atoms with van der Waals surface area (Å²) in [6.45, 7) is 4.40. The van der Waals surface area contributed by atoms with E-state index in [-0.39, 0.29) is 5.75 Å². The first kappa shape index (κ1) is 14.9. The Hall–Kier alpha value is -0.550. The van der Waals surface area contributed by atoms with E-state index in [2.05, 4.69) is 55.8 Å². The fourth-order valence-corrected chi connectivity index (χ4v) is 3.71. The number of benzene rings is 1. The zero-order chi connectivity index (χ0) is 14.0. The fourth-order valence-electron chi connectivity index (χ4n) is 2.45. The predicted molar refractivity (Wildman–Crippen MR) is 85.7 cm³/mol. The van der Waals surface area contributed by atoms with Crippen LogP contribution in [0.2, 0.25) is 0 Å². The van der Waals surface area contributed by atoms with E-state index >= 15 is 0 Å². The zero-order valence-electron chi connectivity index (χ0n) is 11.1. The maximum Gasteiger partial charge on any atom is 0.138 e. The van der Waals surface area contributed by atoms with Crippen LogP contribution in [-0.4, -0.2) is 28.4 Å². The molecule has 5 heteroatoms. The summed E-state index contributed by atoms with van der Waals surface area (Å²) in [4.78, 5) is 0. The molecule has 0 aromatic heterocycles. The molecule has 0 saturated carbocycles. The molecule has 1 heterocycles. The minimum atomic E-state index is 0.226. The number of halogens is 2. The lowest BCUT2D eigenvalue weighted by molar-refractivity contribution is 0.109. The molecule has 1 aromatic carbocycles. The highest BCUT2D eigenvalue weighted by Crippen LogP contribution is 2.31. The molecule has 2 rings (SSSR count). The van der Waals surface area contributed by atoms with E-state index in [4.69, 9.17) is 0 Å². The van der Waals surface area contributed by atoms with Crippen molar-refractivity contribution in [1.29, 1.82) is 0 Å². The molecule has 19 heavy (non-hydrogen) atoms. The van der Waals surface area contributed by atoms with Gasteiger partial charge in [-0.15, -0.1) is 0 Å². The van der Waals surface area contributed by atoms with Crippen molar-refractivity contribution in [2.24, 2.45) is 5.10 Å². The molecule has 1 aliphatic heterocycles. The van der Waals surface area contributed by atoms with E-state index in [1.165, 1.54) is 19.3 Å². The zero-order valence-corrected chi connectivity index (χ0v) is 14.3. The molecule has 0 radical (unpaired) electrons. The van der Waals surface area contributed by atoms with Gasteiger partial charge in [0.15, 0.2) is 0 Å². The minimum absolute atomic E-state index is 0.226. The van der Waals surface area contributed by atoms with Crippen LogP contribution in [0.25, 0.3) is 0 Å². The third-order valence-electron chi connectivity index (χ3n) is 3.53. The van der Waals surface area contributed by atoms with Crippen LogP contribution < -0.4 is 0 Å². The summed E-state index contributed by atoms with van der Waals surface area (Å²) in [5.74, 6) is 0.226. The van der Waals surface area contributed by atoms with Gasteiger partial charge in [0.1, 0.15) is 5.75 Å². The van der Waals surface area contributed by atoms with E-state index in [0.717, 1.165) is 4.47 Å². The van der Waals surface area contributed by atoms with Crippen molar-refractivity contribution in [3.63, 3.8) is 0 Å². The normalized spacial score (nSPS) is 24.1. The van der Waals surface area contributed by atoms with E-state index in [1.807, 2.05) is 12.1 Å². The van der Waals surface area contributed by atoms with Gasteiger partial charge in [0.05, 0.1) is 10.7 Å². The number of piperidine rings is 1. The molecule has 1 fully saturated rings. The van der Waals surface area contributed by atoms with Gasteiger partial charge in [-0.3, -0.25) is 5.01 Å². The van der Waals surface area contributed by atoms with Crippen LogP contribution >= 0.6 is 31.9 Å². The Labute approximate surface area is 130 Å². The smallest absolute Gasteiger partial charge is 0.138 e. The summed E-state index contributed by atoms with van der Waals surface area (Å²) in [5.41, 5.74) is 0.714. The molecular formula is C14H18Br2N2O. The van der Waals surface area contributed by atoms with Crippen LogP contribution in [0.15, 0.2) is 26.2 Å². The van der Waals surface area contributed by atoms with Gasteiger partial charge in [-0.05, 0) is 61.2 Å². The monoisotopic (exact) mass is 388 g/mol. The molecule has 1 N–H and O–H groups in total. The molecule has 0 bridgehead atoms. The molecule has 0 amide bonds. The van der Waals surface area contributed by atoms with Crippen LogP contribution in [0.4, 0.5) is 0 Å². The highest BCUT2D eigenvalue weighted by molar-refractivity contribution is 9.11. The topological polar surface area (TPSA) is 35.8 Å². The highest BCUT2D eigenvalue weighted by atomic mass is 79.9. The second kappa shape index (κ2) is 6.27. The molecule has 1 aliphatic rings. The van der Waals surface area contributed by atoms with E-state index in [9.17, 15) is 5.11 Å². The number of rotatable bonds is 2. The van der Waals surface area contributed by atoms with E-state index < -0.39 is 0 Å². The van der Waals surface area contributed by atoms with Crippen molar-refractivity contribution in [2.45, 2.75) is 45.2 Å². The molecule has 0 aliphatic carbocycles. The van der Waals surface area contributed by atoms with Crippen LogP contribution in [0, 0.1) is 0 Å². The largest absolute Gasteiger partial charge is 0.506 e. The van der Waals surface area contributed by atoms with Crippen LogP contribution in [-0.2, 0) is 0 Å². The van der Waals surface area contributed by atoms with E-state index in [1.54, 1.807) is 6.21 Å². The Morgan fingerprint density at radius 2 is 1.89 bits per heavy atom. The Morgan fingerprint density at radius 3 is 2.53 bits per heavy atom. The summed E-state index contributed by atoms with van der Waals surface area (Å²) >= 11 is 6.75. The van der Waals surface area contributed by atoms with Gasteiger partial charge < -0.3 is 5.11 Å². The number of aromatic hydroxyl groups is 1. The van der Waals surface area contributed by atoms with Crippen LogP contribution in [0.3, 0.4) is 0 Å². The number of nitrogens with zero attached hydrogens (tertiary/aromatic N) is 2. The number of hydrazone groups is 1. The molecule has 2 atom stereocenters. The first-order valence-electron chi connectivity index (χ1n) is 6.49. The van der Waals surface area contributed by atoms with Gasteiger partial charge >= 0.3 is 0 Å². The SMILES string of the molecule is C[C@H]1CCC[C@H](C)N1/N=C/c1cc(Br)cc(Br)c1O. The standard InChI is InChI=1S/C14H18Br2N2O/c1-9-4-3-5-10(2)18(9)17-8-11-6-12(15)7-13(16)14(11)19/h6-10,19H,3-5H2,1-2H3/b17-8+/t9-,10-/m0/s1. The van der Waals surface area contributed by atoms with Gasteiger partial charge in [-0.2, -0.15) is 5.10 Å². The third-order valence-corrected chi connectivity index (χ3v) is 4.60. The Balaban J connectivity index is 2.22. The number of phenolic OH excluding ortho intramolecular Hbond substituents is 1. The summed E-state index contributed by atoms with van der Waals surface area (Å²) in [6, 6.07) is 4.59. The van der Waals surface area contributed by atoms with Crippen molar-refractivity contribution in [3.05, 3.63) is 26.6 Å². The molecule has 0 unspecified atom stereocenters. The summed E-state index contributed by atoms with van der Waals surface area (Å²) in [5, 5.41) is 16.7. The Kier molecular flexibility index (Phi) is 4.90. The quantitative estimate of drug-likeness (QED) is 0.755. The highest BCUT2D eigenvalue weighted by Gasteiger charge is 2.22. The average Bonchev–Trinajstić information content (AvgIpc) is 2.34. The molecular weight excluding hydrogens is 372 g/mol. The lowest BCUT2D eigenvalue weighted by Gasteiger charge is -2.36. The summed E-state index contributed by atoms with van der Waals surface area (Å²) in [6.07, 6.45) is 5.36.